The molecule has 2 aliphatic rings. The number of carbonyl (C=O) groups excluding carboxylic acids is 5. The maximum atomic E-state index is 13.7. The normalized spacial score (nSPS) is 23.6. The zero-order valence-electron chi connectivity index (χ0n) is 23.1. The van der Waals surface area contributed by atoms with Gasteiger partial charge >= 0.3 is 6.09 Å². The highest BCUT2D eigenvalue weighted by atomic mass is 32.2. The third-order valence-electron chi connectivity index (χ3n) is 6.63. The second-order valence-electron chi connectivity index (χ2n) is 12.0. The zero-order valence-corrected chi connectivity index (χ0v) is 24.0. The van der Waals surface area contributed by atoms with Crippen LogP contribution in [0.1, 0.15) is 61.3 Å². The van der Waals surface area contributed by atoms with Crippen LogP contribution in [0, 0.1) is 17.3 Å². The van der Waals surface area contributed by atoms with Gasteiger partial charge in [0.2, 0.25) is 17.6 Å². The Hall–Kier alpha value is -2.50. The van der Waals surface area contributed by atoms with E-state index in [1.807, 2.05) is 20.8 Å². The quantitative estimate of drug-likeness (QED) is 0.363. The number of hydrogen-bond donors (Lipinski definition) is 3. The van der Waals surface area contributed by atoms with Crippen LogP contribution in [-0.2, 0) is 34.7 Å². The Bertz CT molecular complexity index is 940. The van der Waals surface area contributed by atoms with Crippen LogP contribution < -0.4 is 16.0 Å². The molecule has 12 heteroatoms. The lowest BCUT2D eigenvalue weighted by Crippen LogP contribution is -2.60. The van der Waals surface area contributed by atoms with Crippen molar-refractivity contribution in [3.05, 3.63) is 0 Å². The molecule has 2 unspecified atom stereocenters. The van der Waals surface area contributed by atoms with Crippen LogP contribution >= 0.6 is 0 Å². The van der Waals surface area contributed by atoms with E-state index < -0.39 is 69.5 Å². The SMILES string of the molecule is CC(NC(=O)[C@@H]1[C@H]2CC[C@H]2CN1C(=O)[C@@H](NC(=O)OC(C)(C)C)C(C)(C)C)C(=O)C(=O)NCCS(C)=O. The van der Waals surface area contributed by atoms with Gasteiger partial charge in [0.15, 0.2) is 0 Å². The molecule has 1 saturated heterocycles. The average molecular weight is 543 g/mol. The number of carbonyl (C=O) groups is 5. The number of ether oxygens (including phenoxy) is 1. The van der Waals surface area contributed by atoms with Gasteiger partial charge in [-0.1, -0.05) is 20.8 Å². The molecule has 2 rings (SSSR count). The second-order valence-corrected chi connectivity index (χ2v) is 13.6. The van der Waals surface area contributed by atoms with E-state index in [1.54, 1.807) is 20.8 Å². The summed E-state index contributed by atoms with van der Waals surface area (Å²) < 4.78 is 16.5. The van der Waals surface area contributed by atoms with E-state index in [2.05, 4.69) is 16.0 Å². The van der Waals surface area contributed by atoms with Crippen molar-refractivity contribution < 1.29 is 32.9 Å². The minimum Gasteiger partial charge on any atom is -0.444 e. The van der Waals surface area contributed by atoms with Crippen molar-refractivity contribution >= 4 is 40.4 Å². The van der Waals surface area contributed by atoms with Crippen molar-refractivity contribution in [1.29, 1.82) is 0 Å². The summed E-state index contributed by atoms with van der Waals surface area (Å²) in [5.74, 6) is -2.27. The Morgan fingerprint density at radius 2 is 1.65 bits per heavy atom. The van der Waals surface area contributed by atoms with Gasteiger partial charge in [0.05, 0.1) is 6.04 Å². The topological polar surface area (TPSA) is 151 Å². The first kappa shape index (κ1) is 30.7. The van der Waals surface area contributed by atoms with Crippen molar-refractivity contribution in [2.24, 2.45) is 17.3 Å². The zero-order chi connectivity index (χ0) is 28.3. The van der Waals surface area contributed by atoms with E-state index in [0.717, 1.165) is 12.8 Å². The van der Waals surface area contributed by atoms with Gasteiger partial charge in [-0.3, -0.25) is 23.4 Å². The number of Topliss-reactive ketones (excluding diaryl/α,β-unsaturated/α-hetero) is 1. The molecule has 0 bridgehead atoms. The highest BCUT2D eigenvalue weighted by molar-refractivity contribution is 7.84. The lowest BCUT2D eigenvalue weighted by molar-refractivity contribution is -0.144. The van der Waals surface area contributed by atoms with Crippen LogP contribution in [-0.4, -0.2) is 87.5 Å². The third kappa shape index (κ3) is 8.24. The molecule has 1 saturated carbocycles. The van der Waals surface area contributed by atoms with Gasteiger partial charge in [0.1, 0.15) is 17.7 Å². The van der Waals surface area contributed by atoms with Gasteiger partial charge < -0.3 is 25.6 Å². The Morgan fingerprint density at radius 3 is 2.14 bits per heavy atom. The molecular weight excluding hydrogens is 500 g/mol. The molecule has 6 atom stereocenters. The number of nitrogens with one attached hydrogen (secondary N) is 3. The maximum absolute atomic E-state index is 13.7. The molecule has 0 radical (unpaired) electrons. The molecule has 4 amide bonds. The summed E-state index contributed by atoms with van der Waals surface area (Å²) in [5.41, 5.74) is -1.41. The lowest BCUT2D eigenvalue weighted by Gasteiger charge is -2.37. The number of amides is 4. The van der Waals surface area contributed by atoms with Gasteiger partial charge in [-0.05, 0) is 57.8 Å². The first-order valence-corrected chi connectivity index (χ1v) is 14.4. The van der Waals surface area contributed by atoms with E-state index in [9.17, 15) is 28.2 Å². The molecule has 0 spiro atoms. The van der Waals surface area contributed by atoms with E-state index in [1.165, 1.54) is 18.1 Å². The van der Waals surface area contributed by atoms with Crippen molar-refractivity contribution in [2.45, 2.75) is 85.0 Å². The molecule has 1 aliphatic heterocycles. The van der Waals surface area contributed by atoms with Gasteiger partial charge in [0.25, 0.3) is 5.91 Å². The van der Waals surface area contributed by atoms with Crippen molar-refractivity contribution in [3.8, 4) is 0 Å². The summed E-state index contributed by atoms with van der Waals surface area (Å²) in [6.07, 6.45) is 2.42. The van der Waals surface area contributed by atoms with Crippen molar-refractivity contribution in [3.63, 3.8) is 0 Å². The molecule has 0 aromatic rings. The molecule has 37 heavy (non-hydrogen) atoms. The smallest absolute Gasteiger partial charge is 0.408 e. The summed E-state index contributed by atoms with van der Waals surface area (Å²) in [6.45, 7) is 12.5. The summed E-state index contributed by atoms with van der Waals surface area (Å²) in [5, 5.41) is 7.70. The fourth-order valence-electron chi connectivity index (χ4n) is 4.59. The summed E-state index contributed by atoms with van der Waals surface area (Å²) in [6, 6.07) is -2.85. The van der Waals surface area contributed by atoms with Crippen molar-refractivity contribution in [2.75, 3.05) is 25.1 Å². The van der Waals surface area contributed by atoms with Gasteiger partial charge in [-0.25, -0.2) is 4.79 Å². The van der Waals surface area contributed by atoms with Crippen LogP contribution in [0.5, 0.6) is 0 Å². The van der Waals surface area contributed by atoms with Crippen LogP contribution in [0.3, 0.4) is 0 Å². The van der Waals surface area contributed by atoms with Crippen molar-refractivity contribution in [1.82, 2.24) is 20.9 Å². The number of nitrogens with zero attached hydrogens (tertiary/aromatic N) is 1. The molecule has 1 heterocycles. The Labute approximate surface area is 221 Å². The van der Waals surface area contributed by atoms with Gasteiger partial charge in [-0.2, -0.15) is 0 Å². The van der Waals surface area contributed by atoms with Crippen LogP contribution in [0.25, 0.3) is 0 Å². The summed E-state index contributed by atoms with van der Waals surface area (Å²) in [7, 11) is -1.11. The summed E-state index contributed by atoms with van der Waals surface area (Å²) in [4.78, 5) is 65.7. The minimum absolute atomic E-state index is 0.0539. The number of fused-ring (bicyclic) bond motifs is 1. The Kier molecular flexibility index (Phi) is 9.89. The molecule has 1 aliphatic carbocycles. The maximum Gasteiger partial charge on any atom is 0.408 e. The first-order chi connectivity index (χ1) is 16.9. The highest BCUT2D eigenvalue weighted by Crippen LogP contribution is 2.45. The van der Waals surface area contributed by atoms with Crippen LogP contribution in [0.4, 0.5) is 4.79 Å². The van der Waals surface area contributed by atoms with E-state index in [0.29, 0.717) is 6.54 Å². The van der Waals surface area contributed by atoms with E-state index in [4.69, 9.17) is 4.74 Å². The highest BCUT2D eigenvalue weighted by Gasteiger charge is 2.54. The fraction of sp³-hybridized carbons (Fsp3) is 0.800. The fourth-order valence-corrected chi connectivity index (χ4v) is 4.98. The van der Waals surface area contributed by atoms with Gasteiger partial charge in [0, 0.05) is 35.9 Å². The molecule has 2 fully saturated rings. The largest absolute Gasteiger partial charge is 0.444 e. The van der Waals surface area contributed by atoms with E-state index >= 15 is 0 Å². The molecule has 0 aromatic carbocycles. The molecule has 11 nitrogen and oxygen atoms in total. The molecule has 0 aromatic heterocycles. The monoisotopic (exact) mass is 542 g/mol. The Balaban J connectivity index is 2.14. The molecule has 210 valence electrons. The number of alkyl carbamates (subject to hydrolysis) is 1. The standard InChI is InChI=1S/C25H42N4O7S/c1-14(18(30)21(32)26-11-12-37(8)35)27-20(31)17-16-10-9-15(16)13-29(17)22(33)19(24(2,3)4)28-23(34)36-25(5,6)7/h14-17,19H,9-13H2,1-8H3,(H,26,32)(H,27,31)(H,28,34)/t14?,15-,16-,17-,19+,37?/m0/s1. The van der Waals surface area contributed by atoms with Gasteiger partial charge in [-0.15, -0.1) is 0 Å². The minimum atomic E-state index is -1.11. The predicted molar refractivity (Wildman–Crippen MR) is 139 cm³/mol. The van der Waals surface area contributed by atoms with Crippen LogP contribution in [0.2, 0.25) is 0 Å². The van der Waals surface area contributed by atoms with Crippen LogP contribution in [0.15, 0.2) is 0 Å². The number of likely N-dealkylation sites (tertiary alicyclic amines) is 1. The average Bonchev–Trinajstić information content (AvgIpc) is 2.98. The number of hydrogen-bond acceptors (Lipinski definition) is 7. The van der Waals surface area contributed by atoms with E-state index in [-0.39, 0.29) is 24.1 Å². The third-order valence-corrected chi connectivity index (χ3v) is 7.40. The Morgan fingerprint density at radius 1 is 1.03 bits per heavy atom. The predicted octanol–water partition coefficient (Wildman–Crippen LogP) is 0.731. The molecule has 3 N–H and O–H groups in total. The molecular formula is C25H42N4O7S. The number of rotatable bonds is 9. The number of ketones is 1. The second kappa shape index (κ2) is 11.9. The summed E-state index contributed by atoms with van der Waals surface area (Å²) >= 11 is 0. The lowest BCUT2D eigenvalue weighted by atomic mass is 9.73. The first-order valence-electron chi connectivity index (χ1n) is 12.6.